The summed E-state index contributed by atoms with van der Waals surface area (Å²) in [5.41, 5.74) is 2.31. The van der Waals surface area contributed by atoms with E-state index in [1.165, 1.54) is 6.07 Å². The van der Waals surface area contributed by atoms with Crippen LogP contribution in [-0.2, 0) is 7.05 Å². The highest BCUT2D eigenvalue weighted by atomic mass is 35.5. The van der Waals surface area contributed by atoms with E-state index in [-0.39, 0.29) is 17.6 Å². The van der Waals surface area contributed by atoms with E-state index >= 15 is 0 Å². The smallest absolute Gasteiger partial charge is 0.259 e. The Balaban J connectivity index is 1.47. The van der Waals surface area contributed by atoms with Crippen molar-refractivity contribution in [3.8, 4) is 17.0 Å². The SMILES string of the molecule is Cc1onc(-c2ccccc2Cl)c1C(=O)N1CCC(Oc2cc(C)n(C)c(=O)c2)CC1. The molecule has 0 spiro atoms. The van der Waals surface area contributed by atoms with Crippen LogP contribution >= 0.6 is 11.6 Å². The van der Waals surface area contributed by atoms with E-state index in [0.717, 1.165) is 5.69 Å². The molecule has 31 heavy (non-hydrogen) atoms. The van der Waals surface area contributed by atoms with Crippen LogP contribution in [0.2, 0.25) is 5.02 Å². The Morgan fingerprint density at radius 2 is 1.90 bits per heavy atom. The van der Waals surface area contributed by atoms with Gasteiger partial charge in [0.1, 0.15) is 28.9 Å². The lowest BCUT2D eigenvalue weighted by Gasteiger charge is -2.32. The molecule has 0 saturated carbocycles. The molecule has 1 aliphatic heterocycles. The molecule has 8 heteroatoms. The summed E-state index contributed by atoms with van der Waals surface area (Å²) in [4.78, 5) is 27.0. The number of hydrogen-bond acceptors (Lipinski definition) is 5. The molecule has 1 aliphatic rings. The summed E-state index contributed by atoms with van der Waals surface area (Å²) < 4.78 is 12.9. The maximum atomic E-state index is 13.3. The number of carbonyl (C=O) groups is 1. The van der Waals surface area contributed by atoms with Gasteiger partial charge in [0.25, 0.3) is 11.5 Å². The number of pyridine rings is 1. The number of benzene rings is 1. The Hall–Kier alpha value is -3.06. The zero-order valence-electron chi connectivity index (χ0n) is 17.7. The minimum Gasteiger partial charge on any atom is -0.490 e. The second-order valence-corrected chi connectivity index (χ2v) is 8.19. The number of piperidine rings is 1. The minimum absolute atomic E-state index is 0.0536. The first-order valence-electron chi connectivity index (χ1n) is 10.2. The Kier molecular flexibility index (Phi) is 5.87. The highest BCUT2D eigenvalue weighted by molar-refractivity contribution is 6.33. The third-order valence-corrected chi connectivity index (χ3v) is 6.04. The summed E-state index contributed by atoms with van der Waals surface area (Å²) in [5.74, 6) is 0.909. The molecule has 0 N–H and O–H groups in total. The topological polar surface area (TPSA) is 77.6 Å². The third kappa shape index (κ3) is 4.23. The number of nitrogens with zero attached hydrogens (tertiary/aromatic N) is 3. The standard InChI is InChI=1S/C23H24ClN3O4/c1-14-12-17(13-20(28)26(14)3)30-16-8-10-27(11-9-16)23(29)21-15(2)31-25-22(21)18-6-4-5-7-19(18)24/h4-7,12-13,16H,8-11H2,1-3H3. The van der Waals surface area contributed by atoms with Crippen LogP contribution in [0.25, 0.3) is 11.3 Å². The fourth-order valence-electron chi connectivity index (χ4n) is 3.79. The van der Waals surface area contributed by atoms with Crippen molar-refractivity contribution < 1.29 is 14.1 Å². The molecule has 3 aromatic rings. The maximum Gasteiger partial charge on any atom is 0.259 e. The van der Waals surface area contributed by atoms with E-state index in [0.29, 0.717) is 59.3 Å². The summed E-state index contributed by atoms with van der Waals surface area (Å²) in [6.07, 6.45) is 1.29. The highest BCUT2D eigenvalue weighted by Gasteiger charge is 2.30. The van der Waals surface area contributed by atoms with E-state index in [2.05, 4.69) is 5.16 Å². The van der Waals surface area contributed by atoms with Crippen LogP contribution in [0, 0.1) is 13.8 Å². The molecular formula is C23H24ClN3O4. The van der Waals surface area contributed by atoms with Crippen molar-refractivity contribution in [2.24, 2.45) is 7.05 Å². The number of hydrogen-bond donors (Lipinski definition) is 0. The molecule has 0 atom stereocenters. The van der Waals surface area contributed by atoms with Crippen LogP contribution in [0.5, 0.6) is 5.75 Å². The van der Waals surface area contributed by atoms with Crippen LogP contribution in [0.1, 0.15) is 34.7 Å². The van der Waals surface area contributed by atoms with Crippen molar-refractivity contribution >= 4 is 17.5 Å². The fraction of sp³-hybridized carbons (Fsp3) is 0.348. The van der Waals surface area contributed by atoms with E-state index in [9.17, 15) is 9.59 Å². The number of ether oxygens (including phenoxy) is 1. The average Bonchev–Trinajstić information content (AvgIpc) is 3.13. The van der Waals surface area contributed by atoms with Gasteiger partial charge in [-0.05, 0) is 26.0 Å². The van der Waals surface area contributed by atoms with Gasteiger partial charge in [0, 0.05) is 50.3 Å². The zero-order valence-corrected chi connectivity index (χ0v) is 18.5. The van der Waals surface area contributed by atoms with Crippen molar-refractivity contribution in [3.63, 3.8) is 0 Å². The molecule has 0 bridgehead atoms. The average molecular weight is 442 g/mol. The molecule has 2 aromatic heterocycles. The minimum atomic E-state index is -0.128. The number of carbonyl (C=O) groups excluding carboxylic acids is 1. The van der Waals surface area contributed by atoms with Crippen LogP contribution in [-0.4, -0.2) is 39.7 Å². The Morgan fingerprint density at radius 1 is 1.19 bits per heavy atom. The molecule has 0 aliphatic carbocycles. The van der Waals surface area contributed by atoms with Crippen molar-refractivity contribution in [2.45, 2.75) is 32.8 Å². The van der Waals surface area contributed by atoms with E-state index in [1.54, 1.807) is 29.5 Å². The van der Waals surface area contributed by atoms with Gasteiger partial charge in [-0.3, -0.25) is 9.59 Å². The first kappa shape index (κ1) is 21.2. The third-order valence-electron chi connectivity index (χ3n) is 5.71. The maximum absolute atomic E-state index is 13.3. The predicted molar refractivity (Wildman–Crippen MR) is 118 cm³/mol. The number of likely N-dealkylation sites (tertiary alicyclic amines) is 1. The van der Waals surface area contributed by atoms with Gasteiger partial charge in [0.05, 0.1) is 5.02 Å². The lowest BCUT2D eigenvalue weighted by molar-refractivity contribution is 0.0594. The molecule has 162 valence electrons. The van der Waals surface area contributed by atoms with Crippen molar-refractivity contribution in [2.75, 3.05) is 13.1 Å². The summed E-state index contributed by atoms with van der Waals surface area (Å²) in [5, 5.41) is 4.61. The predicted octanol–water partition coefficient (Wildman–Crippen LogP) is 3.99. The first-order valence-corrected chi connectivity index (χ1v) is 10.6. The van der Waals surface area contributed by atoms with E-state index in [4.69, 9.17) is 20.9 Å². The van der Waals surface area contributed by atoms with Crippen LogP contribution < -0.4 is 10.3 Å². The monoisotopic (exact) mass is 441 g/mol. The zero-order chi connectivity index (χ0) is 22.1. The van der Waals surface area contributed by atoms with E-state index < -0.39 is 0 Å². The number of aromatic nitrogens is 2. The molecule has 3 heterocycles. The van der Waals surface area contributed by atoms with Crippen LogP contribution in [0.15, 0.2) is 45.7 Å². The Labute approximate surface area is 185 Å². The largest absolute Gasteiger partial charge is 0.490 e. The second-order valence-electron chi connectivity index (χ2n) is 7.78. The molecule has 0 radical (unpaired) electrons. The Morgan fingerprint density at radius 3 is 2.58 bits per heavy atom. The Bertz CT molecular complexity index is 1180. The van der Waals surface area contributed by atoms with Crippen molar-refractivity contribution in [3.05, 3.63) is 68.8 Å². The summed E-state index contributed by atoms with van der Waals surface area (Å²) >= 11 is 6.31. The number of aryl methyl sites for hydroxylation is 2. The lowest BCUT2D eigenvalue weighted by Crippen LogP contribution is -2.42. The van der Waals surface area contributed by atoms with Crippen molar-refractivity contribution in [1.29, 1.82) is 0 Å². The number of amides is 1. The first-order chi connectivity index (χ1) is 14.8. The quantitative estimate of drug-likeness (QED) is 0.611. The highest BCUT2D eigenvalue weighted by Crippen LogP contribution is 2.32. The van der Waals surface area contributed by atoms with Gasteiger partial charge in [-0.25, -0.2) is 0 Å². The van der Waals surface area contributed by atoms with Gasteiger partial charge in [0.2, 0.25) is 0 Å². The van der Waals surface area contributed by atoms with Gasteiger partial charge in [-0.15, -0.1) is 0 Å². The second kappa shape index (κ2) is 8.59. The molecule has 7 nitrogen and oxygen atoms in total. The van der Waals surface area contributed by atoms with Gasteiger partial charge in [0.15, 0.2) is 0 Å². The van der Waals surface area contributed by atoms with Crippen LogP contribution in [0.3, 0.4) is 0 Å². The molecule has 4 rings (SSSR count). The summed E-state index contributed by atoms with van der Waals surface area (Å²) in [6, 6.07) is 10.6. The molecule has 0 unspecified atom stereocenters. The number of halogens is 1. The molecule has 1 amide bonds. The summed E-state index contributed by atoms with van der Waals surface area (Å²) in [7, 11) is 1.73. The van der Waals surface area contributed by atoms with Gasteiger partial charge >= 0.3 is 0 Å². The molecule has 1 fully saturated rings. The van der Waals surface area contributed by atoms with Crippen LogP contribution in [0.4, 0.5) is 0 Å². The number of rotatable bonds is 4. The summed E-state index contributed by atoms with van der Waals surface area (Å²) in [6.45, 7) is 4.68. The van der Waals surface area contributed by atoms with E-state index in [1.807, 2.05) is 31.2 Å². The normalized spacial score (nSPS) is 14.6. The van der Waals surface area contributed by atoms with Gasteiger partial charge < -0.3 is 18.7 Å². The lowest BCUT2D eigenvalue weighted by atomic mass is 10.0. The van der Waals surface area contributed by atoms with Gasteiger partial charge in [-0.1, -0.05) is 35.0 Å². The van der Waals surface area contributed by atoms with Gasteiger partial charge in [-0.2, -0.15) is 0 Å². The molecule has 1 aromatic carbocycles. The fourth-order valence-corrected chi connectivity index (χ4v) is 4.02. The van der Waals surface area contributed by atoms with Crippen molar-refractivity contribution in [1.82, 2.24) is 14.6 Å². The molecular weight excluding hydrogens is 418 g/mol. The molecule has 1 saturated heterocycles.